The van der Waals surface area contributed by atoms with E-state index in [1.165, 1.54) is 12.3 Å². The van der Waals surface area contributed by atoms with E-state index in [0.29, 0.717) is 36.7 Å². The maximum atomic E-state index is 14.2. The van der Waals surface area contributed by atoms with Crippen molar-refractivity contribution >= 4 is 33.6 Å². The van der Waals surface area contributed by atoms with Crippen molar-refractivity contribution in [1.29, 1.82) is 0 Å². The first kappa shape index (κ1) is 23.6. The van der Waals surface area contributed by atoms with Crippen LogP contribution >= 0.6 is 11.3 Å². The number of pyridine rings is 1. The first-order valence-electron chi connectivity index (χ1n) is 11.4. The summed E-state index contributed by atoms with van der Waals surface area (Å²) in [6, 6.07) is 3.48. The van der Waals surface area contributed by atoms with Crippen LogP contribution in [-0.4, -0.2) is 40.1 Å². The highest BCUT2D eigenvalue weighted by atomic mass is 32.1. The highest BCUT2D eigenvalue weighted by molar-refractivity contribution is 7.19. The number of rotatable bonds is 4. The Balaban J connectivity index is 1.50. The Morgan fingerprint density at radius 3 is 2.74 bits per heavy atom. The number of nitrogens with one attached hydrogen (secondary N) is 1. The lowest BCUT2D eigenvalue weighted by Crippen LogP contribution is -2.47. The average molecular weight is 501 g/mol. The molecule has 1 fully saturated rings. The third-order valence-electron chi connectivity index (χ3n) is 6.47. The molecule has 3 atom stereocenters. The Morgan fingerprint density at radius 2 is 2.03 bits per heavy atom. The summed E-state index contributed by atoms with van der Waals surface area (Å²) in [5.74, 6) is -1.84. The summed E-state index contributed by atoms with van der Waals surface area (Å²) in [5, 5.41) is 13.2. The summed E-state index contributed by atoms with van der Waals surface area (Å²) >= 11 is 0.838. The molecular weight excluding hydrogens is 474 g/mol. The molecule has 184 valence electrons. The van der Waals surface area contributed by atoms with E-state index < -0.39 is 23.6 Å². The van der Waals surface area contributed by atoms with Gasteiger partial charge in [0.1, 0.15) is 21.6 Å². The molecule has 8 nitrogen and oxygen atoms in total. The number of benzene rings is 1. The number of aliphatic hydroxyl groups is 1. The number of carbonyl (C=O) groups is 1. The van der Waals surface area contributed by atoms with Crippen molar-refractivity contribution in [1.82, 2.24) is 9.97 Å². The Kier molecular flexibility index (Phi) is 6.16. The second-order valence-corrected chi connectivity index (χ2v) is 10.3. The van der Waals surface area contributed by atoms with Crippen molar-refractivity contribution in [3.8, 4) is 10.6 Å². The quantitative estimate of drug-likeness (QED) is 0.431. The van der Waals surface area contributed by atoms with E-state index in [-0.39, 0.29) is 27.3 Å². The van der Waals surface area contributed by atoms with E-state index in [1.807, 2.05) is 0 Å². The lowest BCUT2D eigenvalue weighted by atomic mass is 9.95. The number of aliphatic hydroxyl groups excluding tert-OH is 1. The average Bonchev–Trinajstić information content (AvgIpc) is 3.35. The molecule has 11 heteroatoms. The summed E-state index contributed by atoms with van der Waals surface area (Å²) in [5.41, 5.74) is 14.6. The third kappa shape index (κ3) is 4.35. The van der Waals surface area contributed by atoms with Crippen LogP contribution in [0.5, 0.6) is 0 Å². The van der Waals surface area contributed by atoms with Crippen molar-refractivity contribution in [2.45, 2.75) is 38.3 Å². The standard InChI is InChI=1S/C24H26F2N6O2S/c1-11-7-12(27)10-32(9-11)21-13-5-6-17(33)19(13)29-8-16(21)30-23(34)20-22(28)35-24(31-20)18-14(25)3-2-4-15(18)26/h2-4,8,11-12,17,33H,5-7,9-10,27-28H2,1H3,(H,30,34)/t11-,12+,17-/m1/s1. The van der Waals surface area contributed by atoms with Crippen LogP contribution < -0.4 is 21.7 Å². The number of hydrogen-bond acceptors (Lipinski definition) is 8. The lowest BCUT2D eigenvalue weighted by molar-refractivity contribution is 0.102. The van der Waals surface area contributed by atoms with Gasteiger partial charge in [0.15, 0.2) is 5.69 Å². The number of hydrogen-bond donors (Lipinski definition) is 4. The molecule has 0 radical (unpaired) electrons. The fourth-order valence-corrected chi connectivity index (χ4v) is 5.91. The summed E-state index contributed by atoms with van der Waals surface area (Å²) in [4.78, 5) is 23.9. The van der Waals surface area contributed by atoms with Crippen molar-refractivity contribution in [3.05, 3.63) is 53.0 Å². The predicted molar refractivity (Wildman–Crippen MR) is 131 cm³/mol. The molecule has 1 saturated heterocycles. The summed E-state index contributed by atoms with van der Waals surface area (Å²) < 4.78 is 28.5. The van der Waals surface area contributed by atoms with Gasteiger partial charge in [-0.05, 0) is 37.3 Å². The molecule has 1 amide bonds. The monoisotopic (exact) mass is 500 g/mol. The van der Waals surface area contributed by atoms with Crippen LogP contribution in [0.15, 0.2) is 24.4 Å². The number of anilines is 3. The van der Waals surface area contributed by atoms with Gasteiger partial charge in [-0.3, -0.25) is 9.78 Å². The van der Waals surface area contributed by atoms with Crippen molar-refractivity contribution < 1.29 is 18.7 Å². The van der Waals surface area contributed by atoms with Gasteiger partial charge in [-0.15, -0.1) is 0 Å². The van der Waals surface area contributed by atoms with Gasteiger partial charge in [0.25, 0.3) is 5.91 Å². The second-order valence-electron chi connectivity index (χ2n) is 9.23. The number of nitrogens with zero attached hydrogens (tertiary/aromatic N) is 3. The normalized spacial score (nSPS) is 21.7. The second kappa shape index (κ2) is 9.14. The number of halogens is 2. The zero-order chi connectivity index (χ0) is 24.9. The molecule has 0 saturated carbocycles. The van der Waals surface area contributed by atoms with Crippen LogP contribution in [0.1, 0.15) is 47.6 Å². The predicted octanol–water partition coefficient (Wildman–Crippen LogP) is 3.47. The molecule has 0 unspecified atom stereocenters. The molecule has 3 heterocycles. The zero-order valence-corrected chi connectivity index (χ0v) is 19.9. The minimum atomic E-state index is -0.787. The Morgan fingerprint density at radius 1 is 1.29 bits per heavy atom. The molecule has 35 heavy (non-hydrogen) atoms. The van der Waals surface area contributed by atoms with Gasteiger partial charge in [-0.25, -0.2) is 13.8 Å². The van der Waals surface area contributed by atoms with Crippen molar-refractivity contribution in [2.75, 3.05) is 29.0 Å². The highest BCUT2D eigenvalue weighted by Gasteiger charge is 2.33. The molecular formula is C24H26F2N6O2S. The maximum Gasteiger partial charge on any atom is 0.277 e. The molecule has 6 N–H and O–H groups in total. The smallest absolute Gasteiger partial charge is 0.277 e. The van der Waals surface area contributed by atoms with Gasteiger partial charge in [-0.2, -0.15) is 0 Å². The van der Waals surface area contributed by atoms with Crippen LogP contribution in [0.3, 0.4) is 0 Å². The first-order valence-corrected chi connectivity index (χ1v) is 12.3. The molecule has 1 aliphatic heterocycles. The summed E-state index contributed by atoms with van der Waals surface area (Å²) in [6.45, 7) is 3.48. The van der Waals surface area contributed by atoms with Gasteiger partial charge >= 0.3 is 0 Å². The van der Waals surface area contributed by atoms with Gasteiger partial charge in [0.2, 0.25) is 0 Å². The van der Waals surface area contributed by atoms with Gasteiger partial charge in [-0.1, -0.05) is 24.3 Å². The fraction of sp³-hybridized carbons (Fsp3) is 0.375. The molecule has 0 spiro atoms. The van der Waals surface area contributed by atoms with Crippen LogP contribution in [0.25, 0.3) is 10.6 Å². The SMILES string of the molecule is C[C@@H]1C[C@H](N)CN(c2c(NC(=O)c3nc(-c4c(F)cccc4F)sc3N)cnc3c2CC[C@H]3O)C1. The lowest BCUT2D eigenvalue weighted by Gasteiger charge is -2.38. The largest absolute Gasteiger partial charge is 0.389 e. The molecule has 0 bridgehead atoms. The van der Waals surface area contributed by atoms with Gasteiger partial charge < -0.3 is 26.8 Å². The minimum absolute atomic E-state index is 0.0190. The Hall–Kier alpha value is -3.15. The number of nitrogen functional groups attached to an aromatic ring is 1. The number of aromatic nitrogens is 2. The zero-order valence-electron chi connectivity index (χ0n) is 19.1. The van der Waals surface area contributed by atoms with Crippen LogP contribution in [0.2, 0.25) is 0 Å². The van der Waals surface area contributed by atoms with Crippen LogP contribution in [0, 0.1) is 17.6 Å². The van der Waals surface area contributed by atoms with Crippen LogP contribution in [-0.2, 0) is 6.42 Å². The van der Waals surface area contributed by atoms with Crippen molar-refractivity contribution in [2.24, 2.45) is 11.7 Å². The van der Waals surface area contributed by atoms with E-state index in [0.717, 1.165) is 47.7 Å². The Labute approximate surface area is 205 Å². The third-order valence-corrected chi connectivity index (χ3v) is 7.37. The number of thiazole rings is 1. The first-order chi connectivity index (χ1) is 16.7. The topological polar surface area (TPSA) is 130 Å². The molecule has 2 aliphatic rings. The number of piperidine rings is 1. The molecule has 2 aromatic heterocycles. The van der Waals surface area contributed by atoms with Gasteiger partial charge in [0.05, 0.1) is 34.9 Å². The number of carbonyl (C=O) groups excluding carboxylic acids is 1. The van der Waals surface area contributed by atoms with Crippen molar-refractivity contribution in [3.63, 3.8) is 0 Å². The number of fused-ring (bicyclic) bond motifs is 1. The maximum absolute atomic E-state index is 14.2. The minimum Gasteiger partial charge on any atom is -0.389 e. The summed E-state index contributed by atoms with van der Waals surface area (Å²) in [7, 11) is 0. The molecule has 1 aliphatic carbocycles. The Bertz CT molecular complexity index is 1270. The van der Waals surface area contributed by atoms with Crippen LogP contribution in [0.4, 0.5) is 25.2 Å². The van der Waals surface area contributed by atoms with E-state index >= 15 is 0 Å². The summed E-state index contributed by atoms with van der Waals surface area (Å²) in [6.07, 6.45) is 2.94. The van der Waals surface area contributed by atoms with E-state index in [1.54, 1.807) is 0 Å². The molecule has 3 aromatic rings. The van der Waals surface area contributed by atoms with E-state index in [2.05, 4.69) is 27.1 Å². The number of amides is 1. The molecule has 1 aromatic carbocycles. The highest BCUT2D eigenvalue weighted by Crippen LogP contribution is 2.42. The van der Waals surface area contributed by atoms with E-state index in [9.17, 15) is 18.7 Å². The number of nitrogens with two attached hydrogens (primary N) is 2. The molecule has 5 rings (SSSR count). The van der Waals surface area contributed by atoms with E-state index in [4.69, 9.17) is 11.5 Å². The van der Waals surface area contributed by atoms with Gasteiger partial charge in [0, 0.05) is 24.7 Å². The fourth-order valence-electron chi connectivity index (χ4n) is 5.03.